The maximum Gasteiger partial charge on any atom is 0.242 e. The topological polar surface area (TPSA) is 78.4 Å². The monoisotopic (exact) mass is 385 g/mol. The zero-order valence-corrected chi connectivity index (χ0v) is 16.0. The lowest BCUT2D eigenvalue weighted by Gasteiger charge is -2.22. The summed E-state index contributed by atoms with van der Waals surface area (Å²) in [7, 11) is 0. The molecule has 7 nitrogen and oxygen atoms in total. The average Bonchev–Trinajstić information content (AvgIpc) is 3.42. The predicted molar refractivity (Wildman–Crippen MR) is 105 cm³/mol. The van der Waals surface area contributed by atoms with Gasteiger partial charge in [0.1, 0.15) is 6.04 Å². The summed E-state index contributed by atoms with van der Waals surface area (Å²) in [5.74, 6) is 0.145. The first-order valence-corrected chi connectivity index (χ1v) is 10.3. The van der Waals surface area contributed by atoms with Crippen LogP contribution in [0.4, 0.5) is 10.3 Å². The molecule has 27 heavy (non-hydrogen) atoms. The maximum absolute atomic E-state index is 12.7. The van der Waals surface area contributed by atoms with Gasteiger partial charge in [-0.3, -0.25) is 14.5 Å². The standard InChI is InChI=1S/C19H23N5O2S/c25-16-9-5-13-24(16)19-22-21-18(27-19)23-12-4-8-15(23)17(26)20-11-10-14-6-2-1-3-7-14/h1-3,6-7,15H,4-5,8-13H2,(H,20,26)/t15-/m0/s1. The second kappa shape index (κ2) is 8.04. The number of nitrogens with zero attached hydrogens (tertiary/aromatic N) is 4. The van der Waals surface area contributed by atoms with Gasteiger partial charge in [-0.1, -0.05) is 41.7 Å². The fourth-order valence-corrected chi connectivity index (χ4v) is 4.61. The van der Waals surface area contributed by atoms with Crippen LogP contribution >= 0.6 is 11.3 Å². The minimum absolute atomic E-state index is 0.0393. The van der Waals surface area contributed by atoms with Crippen molar-refractivity contribution in [2.45, 2.75) is 38.1 Å². The zero-order chi connectivity index (χ0) is 18.6. The van der Waals surface area contributed by atoms with E-state index >= 15 is 0 Å². The van der Waals surface area contributed by atoms with Crippen molar-refractivity contribution in [1.29, 1.82) is 0 Å². The third kappa shape index (κ3) is 3.95. The van der Waals surface area contributed by atoms with Gasteiger partial charge in [-0.05, 0) is 31.2 Å². The Morgan fingerprint density at radius 3 is 2.74 bits per heavy atom. The van der Waals surface area contributed by atoms with Crippen LogP contribution in [-0.4, -0.2) is 47.7 Å². The number of anilines is 2. The van der Waals surface area contributed by atoms with Crippen LogP contribution in [0, 0.1) is 0 Å². The number of nitrogens with one attached hydrogen (secondary N) is 1. The minimum Gasteiger partial charge on any atom is -0.354 e. The number of amides is 2. The van der Waals surface area contributed by atoms with Crippen molar-refractivity contribution in [3.8, 4) is 0 Å². The summed E-state index contributed by atoms with van der Waals surface area (Å²) in [6.45, 7) is 2.12. The first-order chi connectivity index (χ1) is 13.2. The molecule has 2 aliphatic rings. The van der Waals surface area contributed by atoms with Crippen molar-refractivity contribution in [3.63, 3.8) is 0 Å². The van der Waals surface area contributed by atoms with E-state index in [1.807, 2.05) is 23.1 Å². The lowest BCUT2D eigenvalue weighted by molar-refractivity contribution is -0.122. The van der Waals surface area contributed by atoms with Gasteiger partial charge in [-0.15, -0.1) is 10.2 Å². The molecule has 2 aliphatic heterocycles. The van der Waals surface area contributed by atoms with Gasteiger partial charge in [0, 0.05) is 26.1 Å². The van der Waals surface area contributed by atoms with E-state index in [2.05, 4.69) is 27.6 Å². The largest absolute Gasteiger partial charge is 0.354 e. The molecule has 4 rings (SSSR count). The average molecular weight is 385 g/mol. The molecule has 2 fully saturated rings. The summed E-state index contributed by atoms with van der Waals surface area (Å²) in [4.78, 5) is 28.3. The molecule has 0 radical (unpaired) electrons. The van der Waals surface area contributed by atoms with E-state index in [1.54, 1.807) is 4.90 Å². The van der Waals surface area contributed by atoms with Gasteiger partial charge in [0.2, 0.25) is 22.1 Å². The van der Waals surface area contributed by atoms with Crippen molar-refractivity contribution in [1.82, 2.24) is 15.5 Å². The van der Waals surface area contributed by atoms with E-state index in [0.29, 0.717) is 24.6 Å². The maximum atomic E-state index is 12.7. The molecule has 1 aromatic carbocycles. The molecule has 3 heterocycles. The van der Waals surface area contributed by atoms with Crippen molar-refractivity contribution in [2.24, 2.45) is 0 Å². The molecule has 142 valence electrons. The van der Waals surface area contributed by atoms with Crippen LogP contribution < -0.4 is 15.1 Å². The second-order valence-corrected chi connectivity index (χ2v) is 7.83. The van der Waals surface area contributed by atoms with Crippen molar-refractivity contribution >= 4 is 33.4 Å². The summed E-state index contributed by atoms with van der Waals surface area (Å²) >= 11 is 1.40. The van der Waals surface area contributed by atoms with E-state index in [9.17, 15) is 9.59 Å². The number of carbonyl (C=O) groups excluding carboxylic acids is 2. The molecule has 1 aromatic heterocycles. The molecule has 0 unspecified atom stereocenters. The van der Waals surface area contributed by atoms with Gasteiger partial charge in [-0.25, -0.2) is 0 Å². The summed E-state index contributed by atoms with van der Waals surface area (Å²) < 4.78 is 0. The van der Waals surface area contributed by atoms with Gasteiger partial charge in [-0.2, -0.15) is 0 Å². The third-order valence-electron chi connectivity index (χ3n) is 5.06. The molecule has 0 saturated carbocycles. The number of aromatic nitrogens is 2. The number of benzene rings is 1. The van der Waals surface area contributed by atoms with E-state index in [0.717, 1.165) is 37.4 Å². The quantitative estimate of drug-likeness (QED) is 0.823. The lowest BCUT2D eigenvalue weighted by Crippen LogP contribution is -2.44. The van der Waals surface area contributed by atoms with Crippen molar-refractivity contribution in [2.75, 3.05) is 29.4 Å². The van der Waals surface area contributed by atoms with Gasteiger partial charge in [0.25, 0.3) is 0 Å². The summed E-state index contributed by atoms with van der Waals surface area (Å²) in [6, 6.07) is 9.93. The molecule has 0 spiro atoms. The van der Waals surface area contributed by atoms with E-state index in [-0.39, 0.29) is 17.9 Å². The molecule has 8 heteroatoms. The summed E-state index contributed by atoms with van der Waals surface area (Å²) in [5.41, 5.74) is 1.21. The van der Waals surface area contributed by atoms with Crippen LogP contribution in [0.5, 0.6) is 0 Å². The first-order valence-electron chi connectivity index (χ1n) is 9.44. The minimum atomic E-state index is -0.212. The Balaban J connectivity index is 1.36. The molecule has 2 saturated heterocycles. The molecule has 0 bridgehead atoms. The second-order valence-electron chi connectivity index (χ2n) is 6.89. The highest BCUT2D eigenvalue weighted by Crippen LogP contribution is 2.33. The van der Waals surface area contributed by atoms with Gasteiger partial charge < -0.3 is 10.2 Å². The fraction of sp³-hybridized carbons (Fsp3) is 0.474. The third-order valence-corrected chi connectivity index (χ3v) is 6.05. The summed E-state index contributed by atoms with van der Waals surface area (Å²) in [5, 5.41) is 12.9. The number of hydrogen-bond donors (Lipinski definition) is 1. The van der Waals surface area contributed by atoms with Crippen LogP contribution in [0.25, 0.3) is 0 Å². The Kier molecular flexibility index (Phi) is 5.33. The predicted octanol–water partition coefficient (Wildman–Crippen LogP) is 1.99. The Hall–Kier alpha value is -2.48. The molecule has 0 aliphatic carbocycles. The molecule has 1 atom stereocenters. The van der Waals surface area contributed by atoms with Crippen molar-refractivity contribution in [3.05, 3.63) is 35.9 Å². The van der Waals surface area contributed by atoms with Gasteiger partial charge in [0.05, 0.1) is 0 Å². The van der Waals surface area contributed by atoms with Crippen molar-refractivity contribution < 1.29 is 9.59 Å². The molecule has 2 amide bonds. The van der Waals surface area contributed by atoms with E-state index < -0.39 is 0 Å². The fourth-order valence-electron chi connectivity index (χ4n) is 3.64. The molecular formula is C19H23N5O2S. The lowest BCUT2D eigenvalue weighted by atomic mass is 10.1. The number of hydrogen-bond acceptors (Lipinski definition) is 6. The van der Waals surface area contributed by atoms with E-state index in [1.165, 1.54) is 16.9 Å². The molecular weight excluding hydrogens is 362 g/mol. The zero-order valence-electron chi connectivity index (χ0n) is 15.1. The summed E-state index contributed by atoms with van der Waals surface area (Å²) in [6.07, 6.45) is 4.03. The highest BCUT2D eigenvalue weighted by atomic mass is 32.1. The number of rotatable bonds is 6. The van der Waals surface area contributed by atoms with Gasteiger partial charge in [0.15, 0.2) is 0 Å². The molecule has 1 N–H and O–H groups in total. The van der Waals surface area contributed by atoms with E-state index in [4.69, 9.17) is 0 Å². The van der Waals surface area contributed by atoms with Gasteiger partial charge >= 0.3 is 0 Å². The Morgan fingerprint density at radius 2 is 1.96 bits per heavy atom. The van der Waals surface area contributed by atoms with Crippen LogP contribution in [-0.2, 0) is 16.0 Å². The highest BCUT2D eigenvalue weighted by molar-refractivity contribution is 7.19. The Labute approximate surface area is 162 Å². The van der Waals surface area contributed by atoms with Crippen LogP contribution in [0.3, 0.4) is 0 Å². The van der Waals surface area contributed by atoms with Crippen LogP contribution in [0.2, 0.25) is 0 Å². The Bertz CT molecular complexity index is 809. The highest BCUT2D eigenvalue weighted by Gasteiger charge is 2.34. The number of carbonyl (C=O) groups is 2. The normalized spacial score (nSPS) is 19.7. The first kappa shape index (κ1) is 17.9. The molecule has 2 aromatic rings. The van der Waals surface area contributed by atoms with Crippen LogP contribution in [0.1, 0.15) is 31.2 Å². The smallest absolute Gasteiger partial charge is 0.242 e. The SMILES string of the molecule is O=C(NCCc1ccccc1)[C@@H]1CCCN1c1nnc(N2CCCC2=O)s1. The Morgan fingerprint density at radius 1 is 1.15 bits per heavy atom. The van der Waals surface area contributed by atoms with Crippen LogP contribution in [0.15, 0.2) is 30.3 Å².